The van der Waals surface area contributed by atoms with Crippen LogP contribution < -0.4 is 10.2 Å². The van der Waals surface area contributed by atoms with Gasteiger partial charge in [0.15, 0.2) is 0 Å². The van der Waals surface area contributed by atoms with Gasteiger partial charge in [-0.2, -0.15) is 0 Å². The zero-order chi connectivity index (χ0) is 11.7. The summed E-state index contributed by atoms with van der Waals surface area (Å²) in [7, 11) is 2.19. The van der Waals surface area contributed by atoms with Gasteiger partial charge >= 0.3 is 0 Å². The molecule has 0 saturated carbocycles. The van der Waals surface area contributed by atoms with E-state index in [4.69, 9.17) is 0 Å². The van der Waals surface area contributed by atoms with E-state index in [1.165, 1.54) is 56.4 Å². The quantitative estimate of drug-likeness (QED) is 0.839. The smallest absolute Gasteiger partial charge is 0.0397 e. The third-order valence-corrected chi connectivity index (χ3v) is 4.17. The Bertz CT molecular complexity index is 394. The molecule has 1 atom stereocenters. The van der Waals surface area contributed by atoms with Gasteiger partial charge in [0.1, 0.15) is 0 Å². The fourth-order valence-electron chi connectivity index (χ4n) is 3.13. The highest BCUT2D eigenvalue weighted by Gasteiger charge is 2.17. The second-order valence-electron chi connectivity index (χ2n) is 5.49. The van der Waals surface area contributed by atoms with Gasteiger partial charge in [-0.25, -0.2) is 0 Å². The minimum absolute atomic E-state index is 0.709. The molecule has 0 bridgehead atoms. The van der Waals surface area contributed by atoms with Gasteiger partial charge in [-0.05, 0) is 49.4 Å². The average Bonchev–Trinajstić information content (AvgIpc) is 2.72. The molecule has 1 aromatic carbocycles. The lowest BCUT2D eigenvalue weighted by molar-refractivity contribution is 0.399. The standard InChI is InChI=1S/C15H22N2/c1-17-9-7-13-10-12(5-6-15(13)17)11-14-4-2-3-8-16-14/h5-6,10,14,16H,2-4,7-9,11H2,1H3. The van der Waals surface area contributed by atoms with Crippen molar-refractivity contribution in [3.63, 3.8) is 0 Å². The maximum absolute atomic E-state index is 3.63. The number of rotatable bonds is 2. The van der Waals surface area contributed by atoms with Crippen molar-refractivity contribution >= 4 is 5.69 Å². The van der Waals surface area contributed by atoms with Crippen LogP contribution >= 0.6 is 0 Å². The van der Waals surface area contributed by atoms with E-state index in [2.05, 4.69) is 35.5 Å². The minimum atomic E-state index is 0.709. The van der Waals surface area contributed by atoms with Gasteiger partial charge in [-0.1, -0.05) is 18.6 Å². The van der Waals surface area contributed by atoms with Gasteiger partial charge in [-0.3, -0.25) is 0 Å². The Kier molecular flexibility index (Phi) is 3.06. The number of anilines is 1. The Morgan fingerprint density at radius 3 is 3.12 bits per heavy atom. The van der Waals surface area contributed by atoms with E-state index in [9.17, 15) is 0 Å². The molecule has 17 heavy (non-hydrogen) atoms. The summed E-state index contributed by atoms with van der Waals surface area (Å²) in [6.45, 7) is 2.39. The molecule has 1 fully saturated rings. The molecule has 2 aliphatic heterocycles. The summed E-state index contributed by atoms with van der Waals surface area (Å²) in [5.74, 6) is 0. The van der Waals surface area contributed by atoms with Crippen LogP contribution in [0.15, 0.2) is 18.2 Å². The summed E-state index contributed by atoms with van der Waals surface area (Å²) in [6, 6.07) is 7.76. The first kappa shape index (κ1) is 11.1. The second-order valence-corrected chi connectivity index (χ2v) is 5.49. The van der Waals surface area contributed by atoms with Gasteiger partial charge in [0, 0.05) is 25.3 Å². The molecule has 92 valence electrons. The van der Waals surface area contributed by atoms with Crippen molar-refractivity contribution < 1.29 is 0 Å². The SMILES string of the molecule is CN1CCc2cc(CC3CCCCN3)ccc21. The maximum atomic E-state index is 3.63. The fourth-order valence-corrected chi connectivity index (χ4v) is 3.13. The number of fused-ring (bicyclic) bond motifs is 1. The van der Waals surface area contributed by atoms with E-state index in [1.807, 2.05) is 0 Å². The van der Waals surface area contributed by atoms with Crippen LogP contribution in [0.5, 0.6) is 0 Å². The highest BCUT2D eigenvalue weighted by atomic mass is 15.1. The van der Waals surface area contributed by atoms with E-state index < -0.39 is 0 Å². The van der Waals surface area contributed by atoms with Gasteiger partial charge in [-0.15, -0.1) is 0 Å². The van der Waals surface area contributed by atoms with Crippen molar-refractivity contribution in [1.82, 2.24) is 5.32 Å². The second kappa shape index (κ2) is 4.69. The zero-order valence-electron chi connectivity index (χ0n) is 10.7. The molecule has 2 nitrogen and oxygen atoms in total. The Hall–Kier alpha value is -1.02. The van der Waals surface area contributed by atoms with Gasteiger partial charge in [0.05, 0.1) is 0 Å². The van der Waals surface area contributed by atoms with Crippen LogP contribution in [0.3, 0.4) is 0 Å². The van der Waals surface area contributed by atoms with Crippen LogP contribution in [0.25, 0.3) is 0 Å². The first-order valence-corrected chi connectivity index (χ1v) is 6.89. The fraction of sp³-hybridized carbons (Fsp3) is 0.600. The number of hydrogen-bond acceptors (Lipinski definition) is 2. The Morgan fingerprint density at radius 1 is 1.35 bits per heavy atom. The van der Waals surface area contributed by atoms with Gasteiger partial charge < -0.3 is 10.2 Å². The summed E-state index contributed by atoms with van der Waals surface area (Å²) >= 11 is 0. The van der Waals surface area contributed by atoms with Crippen molar-refractivity contribution in [2.75, 3.05) is 25.0 Å². The predicted molar refractivity (Wildman–Crippen MR) is 72.8 cm³/mol. The molecule has 0 radical (unpaired) electrons. The lowest BCUT2D eigenvalue weighted by atomic mass is 9.96. The number of likely N-dealkylation sites (N-methyl/N-ethyl adjacent to an activating group) is 1. The lowest BCUT2D eigenvalue weighted by Gasteiger charge is -2.23. The Balaban J connectivity index is 1.71. The highest BCUT2D eigenvalue weighted by molar-refractivity contribution is 5.58. The van der Waals surface area contributed by atoms with E-state index in [0.29, 0.717) is 6.04 Å². The topological polar surface area (TPSA) is 15.3 Å². The van der Waals surface area contributed by atoms with E-state index in [0.717, 1.165) is 0 Å². The molecule has 0 spiro atoms. The summed E-state index contributed by atoms with van der Waals surface area (Å²) in [6.07, 6.45) is 6.52. The molecule has 0 aromatic heterocycles. The molecule has 1 N–H and O–H groups in total. The number of piperidine rings is 1. The third kappa shape index (κ3) is 2.32. The highest BCUT2D eigenvalue weighted by Crippen LogP contribution is 2.28. The molecule has 2 aliphatic rings. The van der Waals surface area contributed by atoms with E-state index >= 15 is 0 Å². The monoisotopic (exact) mass is 230 g/mol. The van der Waals surface area contributed by atoms with Crippen molar-refractivity contribution in [3.05, 3.63) is 29.3 Å². The van der Waals surface area contributed by atoms with E-state index in [1.54, 1.807) is 5.56 Å². The summed E-state index contributed by atoms with van der Waals surface area (Å²) in [5, 5.41) is 3.63. The van der Waals surface area contributed by atoms with Crippen LogP contribution in [-0.2, 0) is 12.8 Å². The molecular weight excluding hydrogens is 208 g/mol. The van der Waals surface area contributed by atoms with Gasteiger partial charge in [0.2, 0.25) is 0 Å². The number of hydrogen-bond donors (Lipinski definition) is 1. The van der Waals surface area contributed by atoms with Crippen molar-refractivity contribution in [1.29, 1.82) is 0 Å². The molecule has 1 aromatic rings. The first-order valence-electron chi connectivity index (χ1n) is 6.89. The average molecular weight is 230 g/mol. The molecule has 1 saturated heterocycles. The summed E-state index contributed by atoms with van der Waals surface area (Å²) in [4.78, 5) is 2.36. The van der Waals surface area contributed by atoms with Crippen molar-refractivity contribution in [2.45, 2.75) is 38.1 Å². The van der Waals surface area contributed by atoms with Crippen molar-refractivity contribution in [2.24, 2.45) is 0 Å². The molecule has 2 heteroatoms. The number of nitrogens with one attached hydrogen (secondary N) is 1. The molecule has 2 heterocycles. The first-order chi connectivity index (χ1) is 8.33. The lowest BCUT2D eigenvalue weighted by Crippen LogP contribution is -2.35. The van der Waals surface area contributed by atoms with Crippen LogP contribution in [0.2, 0.25) is 0 Å². The van der Waals surface area contributed by atoms with E-state index in [-0.39, 0.29) is 0 Å². The minimum Gasteiger partial charge on any atom is -0.374 e. The maximum Gasteiger partial charge on any atom is 0.0397 e. The Labute approximate surface area is 104 Å². The predicted octanol–water partition coefficient (Wildman–Crippen LogP) is 2.36. The summed E-state index contributed by atoms with van der Waals surface area (Å²) < 4.78 is 0. The normalized spacial score (nSPS) is 23.8. The molecule has 3 rings (SSSR count). The van der Waals surface area contributed by atoms with Crippen LogP contribution in [0, 0.1) is 0 Å². The number of benzene rings is 1. The number of nitrogens with zero attached hydrogens (tertiary/aromatic N) is 1. The Morgan fingerprint density at radius 2 is 2.29 bits per heavy atom. The van der Waals surface area contributed by atoms with Gasteiger partial charge in [0.25, 0.3) is 0 Å². The third-order valence-electron chi connectivity index (χ3n) is 4.17. The van der Waals surface area contributed by atoms with Crippen LogP contribution in [-0.4, -0.2) is 26.2 Å². The van der Waals surface area contributed by atoms with Crippen molar-refractivity contribution in [3.8, 4) is 0 Å². The molecule has 0 aliphatic carbocycles. The van der Waals surface area contributed by atoms with Crippen LogP contribution in [0.4, 0.5) is 5.69 Å². The molecular formula is C15H22N2. The van der Waals surface area contributed by atoms with Crippen LogP contribution in [0.1, 0.15) is 30.4 Å². The molecule has 1 unspecified atom stereocenters. The molecule has 0 amide bonds. The summed E-state index contributed by atoms with van der Waals surface area (Å²) in [5.41, 5.74) is 4.49. The zero-order valence-corrected chi connectivity index (χ0v) is 10.7. The largest absolute Gasteiger partial charge is 0.374 e.